The molecular weight excluding hydrogens is 643 g/mol. The molecule has 0 aliphatic carbocycles. The fourth-order valence-corrected chi connectivity index (χ4v) is 4.22. The lowest BCUT2D eigenvalue weighted by atomic mass is 9.91. The Morgan fingerprint density at radius 3 is 1.54 bits per heavy atom. The summed E-state index contributed by atoms with van der Waals surface area (Å²) in [7, 11) is -4.15. The average molecular weight is 655 g/mol. The lowest BCUT2D eigenvalue weighted by Crippen LogP contribution is -2.74. The Kier molecular flexibility index (Phi) is 9.03. The molecule has 1 atom stereocenters. The van der Waals surface area contributed by atoms with Gasteiger partial charge in [-0.25, -0.2) is 13.5 Å². The van der Waals surface area contributed by atoms with E-state index in [1.807, 2.05) is 0 Å². The molecule has 1 N–H and O–H groups in total. The van der Waals surface area contributed by atoms with Crippen molar-refractivity contribution in [3.05, 3.63) is 12.4 Å². The molecule has 39 heavy (non-hydrogen) atoms. The van der Waals surface area contributed by atoms with Gasteiger partial charge in [0.15, 0.2) is 0 Å². The highest BCUT2D eigenvalue weighted by Crippen LogP contribution is 2.66. The van der Waals surface area contributed by atoms with Crippen LogP contribution in [0.3, 0.4) is 0 Å². The topological polar surface area (TPSA) is 63.2 Å². The fourth-order valence-electron chi connectivity index (χ4n) is 2.63. The number of imidazole rings is 1. The molecule has 0 saturated heterocycles. The first-order chi connectivity index (χ1) is 16.8. The van der Waals surface area contributed by atoms with Gasteiger partial charge in [-0.2, -0.15) is 78.7 Å². The number of hydrogen-bond donors (Lipinski definition) is 1. The molecule has 0 aromatic carbocycles. The van der Waals surface area contributed by atoms with Crippen LogP contribution >= 0.6 is 11.8 Å². The van der Waals surface area contributed by atoms with Crippen LogP contribution in [0.4, 0.5) is 74.6 Å². The zero-order valence-electron chi connectivity index (χ0n) is 18.2. The standard InChI is InChI=1S/C15H11F17N2O3S2/c1-33-4-5-34(3-2-6-39(35,36)37)7(33)38-13(26,15(30,31)32)11(22,23)9(18,19)8(16,17)10(20,21)12(24,25)14(27,28)29/h4-5H,2-3,6H2,1H3/p+1. The molecule has 0 aliphatic rings. The Hall–Kier alpha value is -1.72. The van der Waals surface area contributed by atoms with Gasteiger partial charge < -0.3 is 0 Å². The fraction of sp³-hybridized carbons (Fsp3) is 0.800. The third-order valence-corrected chi connectivity index (χ3v) is 7.03. The van der Waals surface area contributed by atoms with Crippen molar-refractivity contribution in [1.29, 1.82) is 0 Å². The van der Waals surface area contributed by atoms with Crippen LogP contribution in [0, 0.1) is 0 Å². The van der Waals surface area contributed by atoms with Crippen LogP contribution in [0.1, 0.15) is 6.42 Å². The van der Waals surface area contributed by atoms with Crippen molar-refractivity contribution < 1.29 is 92.2 Å². The predicted octanol–water partition coefficient (Wildman–Crippen LogP) is 5.65. The summed E-state index contributed by atoms with van der Waals surface area (Å²) < 4.78 is 259. The molecule has 0 aliphatic heterocycles. The maximum absolute atomic E-state index is 14.9. The van der Waals surface area contributed by atoms with Crippen molar-refractivity contribution in [2.45, 2.75) is 65.1 Å². The van der Waals surface area contributed by atoms with E-state index in [4.69, 9.17) is 4.55 Å². The summed E-state index contributed by atoms with van der Waals surface area (Å²) in [5, 5.41) is -8.70. The maximum Gasteiger partial charge on any atom is 0.460 e. The first-order valence-corrected chi connectivity index (χ1v) is 11.7. The number of halogens is 17. The average Bonchev–Trinajstić information content (AvgIpc) is 3.03. The Balaban J connectivity index is 3.76. The highest BCUT2D eigenvalue weighted by molar-refractivity contribution is 8.00. The molecule has 0 bridgehead atoms. The quantitative estimate of drug-likeness (QED) is 0.145. The van der Waals surface area contributed by atoms with E-state index >= 15 is 0 Å². The second-order valence-corrected chi connectivity index (χ2v) is 10.3. The first kappa shape index (κ1) is 35.3. The lowest BCUT2D eigenvalue weighted by molar-refractivity contribution is -0.709. The molecule has 24 heteroatoms. The number of aromatic nitrogens is 2. The van der Waals surface area contributed by atoms with Gasteiger partial charge in [0.1, 0.15) is 12.4 Å². The largest absolute Gasteiger partial charge is 0.460 e. The van der Waals surface area contributed by atoms with E-state index in [2.05, 4.69) is 0 Å². The van der Waals surface area contributed by atoms with E-state index in [1.165, 1.54) is 0 Å². The van der Waals surface area contributed by atoms with E-state index in [-0.39, 0.29) is 9.13 Å². The summed E-state index contributed by atoms with van der Waals surface area (Å²) in [5.74, 6) is -43.4. The molecule has 1 aromatic rings. The molecule has 0 spiro atoms. The Morgan fingerprint density at radius 2 is 1.15 bits per heavy atom. The summed E-state index contributed by atoms with van der Waals surface area (Å²) in [6.45, 7) is -0.926. The maximum atomic E-state index is 14.9. The van der Waals surface area contributed by atoms with Crippen molar-refractivity contribution >= 4 is 21.9 Å². The van der Waals surface area contributed by atoms with Crippen LogP contribution in [0.5, 0.6) is 0 Å². The highest BCUT2D eigenvalue weighted by Gasteiger charge is 2.95. The molecule has 0 fully saturated rings. The lowest BCUT2D eigenvalue weighted by Gasteiger charge is -2.43. The van der Waals surface area contributed by atoms with E-state index in [9.17, 15) is 83.1 Å². The zero-order chi connectivity index (χ0) is 31.5. The minimum atomic E-state index is -8.68. The smallest absolute Gasteiger partial charge is 0.286 e. The monoisotopic (exact) mass is 655 g/mol. The molecular formula is C15H12F17N2O3S2+. The van der Waals surface area contributed by atoms with Gasteiger partial charge in [0.25, 0.3) is 10.1 Å². The number of nitrogens with zero attached hydrogens (tertiary/aromatic N) is 2. The molecule has 1 rings (SSSR count). The molecule has 1 unspecified atom stereocenters. The van der Waals surface area contributed by atoms with Crippen molar-refractivity contribution in [2.75, 3.05) is 5.75 Å². The summed E-state index contributed by atoms with van der Waals surface area (Å²) in [4.78, 5) is 0. The number of rotatable bonds is 11. The predicted molar refractivity (Wildman–Crippen MR) is 93.2 cm³/mol. The van der Waals surface area contributed by atoms with Crippen LogP contribution in [0.2, 0.25) is 0 Å². The summed E-state index contributed by atoms with van der Waals surface area (Å²) in [5.41, 5.74) is 0. The van der Waals surface area contributed by atoms with Crippen LogP contribution in [-0.2, 0) is 23.7 Å². The van der Waals surface area contributed by atoms with Crippen LogP contribution in [0.25, 0.3) is 0 Å². The number of thioether (sulfide) groups is 1. The van der Waals surface area contributed by atoms with Gasteiger partial charge in [-0.05, 0) is 0 Å². The summed E-state index contributed by atoms with van der Waals surface area (Å²) in [6, 6.07) is 0. The van der Waals surface area contributed by atoms with Crippen molar-refractivity contribution in [3.63, 3.8) is 0 Å². The highest BCUT2D eigenvalue weighted by atomic mass is 32.2. The van der Waals surface area contributed by atoms with Crippen molar-refractivity contribution in [2.24, 2.45) is 7.05 Å². The summed E-state index contributed by atoms with van der Waals surface area (Å²) in [6.07, 6.45) is -14.9. The van der Waals surface area contributed by atoms with Gasteiger partial charge in [0, 0.05) is 18.2 Å². The number of alkyl halides is 17. The van der Waals surface area contributed by atoms with E-state index in [1.54, 1.807) is 0 Å². The molecule has 1 heterocycles. The van der Waals surface area contributed by atoms with Gasteiger partial charge in [0.2, 0.25) is 0 Å². The van der Waals surface area contributed by atoms with Gasteiger partial charge >= 0.3 is 52.1 Å². The van der Waals surface area contributed by atoms with E-state index in [0.717, 1.165) is 0 Å². The third-order valence-electron chi connectivity index (χ3n) is 4.75. The minimum Gasteiger partial charge on any atom is -0.286 e. The zero-order valence-corrected chi connectivity index (χ0v) is 19.8. The summed E-state index contributed by atoms with van der Waals surface area (Å²) >= 11 is -2.11. The van der Waals surface area contributed by atoms with Crippen molar-refractivity contribution in [1.82, 2.24) is 4.57 Å². The van der Waals surface area contributed by atoms with Gasteiger partial charge in [-0.1, -0.05) is 0 Å². The normalized spacial score (nSPS) is 16.9. The second kappa shape index (κ2) is 9.98. The van der Waals surface area contributed by atoms with Crippen molar-refractivity contribution in [3.8, 4) is 0 Å². The van der Waals surface area contributed by atoms with E-state index < -0.39 is 92.7 Å². The Morgan fingerprint density at radius 1 is 0.744 bits per heavy atom. The Bertz CT molecular complexity index is 1140. The second-order valence-electron chi connectivity index (χ2n) is 7.59. The molecule has 0 saturated carbocycles. The number of aryl methyl sites for hydroxylation is 2. The van der Waals surface area contributed by atoms with Crippen LogP contribution in [-0.4, -0.2) is 70.3 Å². The minimum absolute atomic E-state index is 0.217. The SMILES string of the molecule is C[n+]1ccn(CCCS(=O)(=O)O)c1SC(F)(C(F)(F)F)C(F)(F)C(F)(F)C(F)(F)C(F)(F)C(F)(F)C(F)(F)F. The van der Waals surface area contributed by atoms with Gasteiger partial charge in [0.05, 0.1) is 19.3 Å². The molecule has 5 nitrogen and oxygen atoms in total. The first-order valence-electron chi connectivity index (χ1n) is 9.24. The molecule has 230 valence electrons. The Labute approximate surface area is 209 Å². The third kappa shape index (κ3) is 5.73. The molecule has 0 radical (unpaired) electrons. The van der Waals surface area contributed by atoms with Gasteiger partial charge in [-0.15, -0.1) is 0 Å². The van der Waals surface area contributed by atoms with E-state index in [0.29, 0.717) is 19.4 Å². The van der Waals surface area contributed by atoms with Crippen LogP contribution in [0.15, 0.2) is 17.6 Å². The molecule has 0 amide bonds. The number of hydrogen-bond acceptors (Lipinski definition) is 3. The van der Waals surface area contributed by atoms with Crippen LogP contribution < -0.4 is 4.57 Å². The molecule has 1 aromatic heterocycles. The van der Waals surface area contributed by atoms with Gasteiger partial charge in [-0.3, -0.25) is 4.55 Å².